The Morgan fingerprint density at radius 1 is 1.38 bits per heavy atom. The van der Waals surface area contributed by atoms with Crippen LogP contribution in [0.4, 0.5) is 14.6 Å². The number of nitrogens with one attached hydrogen (secondary N) is 1. The molecule has 0 amide bonds. The van der Waals surface area contributed by atoms with Crippen molar-refractivity contribution < 1.29 is 8.78 Å². The Morgan fingerprint density at radius 2 is 2.00 bits per heavy atom. The van der Waals surface area contributed by atoms with Crippen molar-refractivity contribution in [2.75, 3.05) is 11.9 Å². The zero-order valence-electron chi connectivity index (χ0n) is 9.39. The van der Waals surface area contributed by atoms with Crippen molar-refractivity contribution in [3.8, 4) is 0 Å². The third kappa shape index (κ3) is 3.89. The molecule has 6 heteroatoms. The number of aromatic nitrogens is 2. The molecule has 0 aliphatic heterocycles. The smallest absolute Gasteiger partial charge is 0.255 e. The average molecular weight is 250 g/mol. The first-order valence-electron chi connectivity index (χ1n) is 4.86. The number of rotatable bonds is 3. The molecule has 1 heterocycles. The molecule has 0 spiro atoms. The van der Waals surface area contributed by atoms with Crippen LogP contribution in [0.25, 0.3) is 0 Å². The van der Waals surface area contributed by atoms with Crippen LogP contribution in [0, 0.1) is 0 Å². The van der Waals surface area contributed by atoms with Crippen molar-refractivity contribution >= 4 is 17.4 Å². The van der Waals surface area contributed by atoms with Gasteiger partial charge in [-0.15, -0.1) is 0 Å². The van der Waals surface area contributed by atoms with Crippen LogP contribution in [-0.4, -0.2) is 22.9 Å². The van der Waals surface area contributed by atoms with Crippen molar-refractivity contribution in [2.45, 2.75) is 32.6 Å². The summed E-state index contributed by atoms with van der Waals surface area (Å²) in [5.41, 5.74) is -0.272. The molecule has 1 N–H and O–H groups in total. The first-order chi connectivity index (χ1) is 7.29. The van der Waals surface area contributed by atoms with Gasteiger partial charge in [-0.3, -0.25) is 0 Å². The molecule has 0 radical (unpaired) electrons. The van der Waals surface area contributed by atoms with Gasteiger partial charge in [0.1, 0.15) is 16.8 Å². The lowest BCUT2D eigenvalue weighted by atomic mass is 9.96. The fourth-order valence-corrected chi connectivity index (χ4v) is 1.21. The molecule has 0 fully saturated rings. The number of hydrogen-bond donors (Lipinski definition) is 1. The Bertz CT molecular complexity index is 364. The van der Waals surface area contributed by atoms with Gasteiger partial charge in [-0.05, 0) is 0 Å². The Morgan fingerprint density at radius 3 is 2.50 bits per heavy atom. The van der Waals surface area contributed by atoms with Gasteiger partial charge in [-0.25, -0.2) is 18.7 Å². The average Bonchev–Trinajstić information content (AvgIpc) is 2.12. The van der Waals surface area contributed by atoms with Gasteiger partial charge in [0.2, 0.25) is 0 Å². The van der Waals surface area contributed by atoms with Crippen LogP contribution >= 0.6 is 11.6 Å². The topological polar surface area (TPSA) is 37.8 Å². The summed E-state index contributed by atoms with van der Waals surface area (Å²) in [6.45, 7) is 5.33. The monoisotopic (exact) mass is 249 g/mol. The summed E-state index contributed by atoms with van der Waals surface area (Å²) in [4.78, 5) is 8.20. The highest BCUT2D eigenvalue weighted by Gasteiger charge is 2.18. The molecule has 3 nitrogen and oxygen atoms in total. The zero-order valence-corrected chi connectivity index (χ0v) is 10.1. The quantitative estimate of drug-likeness (QED) is 0.837. The van der Waals surface area contributed by atoms with Crippen LogP contribution in [-0.2, 0) is 5.41 Å². The SMILES string of the molecule is CC(C)(C)c1nc(Cl)cc(NCC(F)F)n1. The predicted molar refractivity (Wildman–Crippen MR) is 60.2 cm³/mol. The molecule has 0 saturated carbocycles. The van der Waals surface area contributed by atoms with E-state index in [-0.39, 0.29) is 10.6 Å². The normalized spacial score (nSPS) is 11.9. The van der Waals surface area contributed by atoms with Crippen molar-refractivity contribution in [2.24, 2.45) is 0 Å². The Hall–Kier alpha value is -0.970. The number of hydrogen-bond acceptors (Lipinski definition) is 3. The molecule has 0 atom stereocenters. The molecule has 16 heavy (non-hydrogen) atoms. The lowest BCUT2D eigenvalue weighted by Crippen LogP contribution is -2.18. The summed E-state index contributed by atoms with van der Waals surface area (Å²) in [6.07, 6.45) is -2.42. The van der Waals surface area contributed by atoms with E-state index in [1.165, 1.54) is 6.07 Å². The van der Waals surface area contributed by atoms with Crippen LogP contribution < -0.4 is 5.32 Å². The second-order valence-corrected chi connectivity index (χ2v) is 4.81. The second-order valence-electron chi connectivity index (χ2n) is 4.42. The molecular formula is C10H14ClF2N3. The van der Waals surface area contributed by atoms with Gasteiger partial charge in [0.05, 0.1) is 6.54 Å². The standard InChI is InChI=1S/C10H14ClF2N3/c1-10(2,3)9-15-6(11)4-8(16-9)14-5-7(12)13/h4,7H,5H2,1-3H3,(H,14,15,16). The van der Waals surface area contributed by atoms with Crippen LogP contribution in [0.5, 0.6) is 0 Å². The van der Waals surface area contributed by atoms with Gasteiger partial charge in [-0.1, -0.05) is 32.4 Å². The number of alkyl halides is 2. The molecule has 0 aliphatic carbocycles. The minimum Gasteiger partial charge on any atom is -0.364 e. The van der Waals surface area contributed by atoms with Crippen LogP contribution in [0.3, 0.4) is 0 Å². The maximum atomic E-state index is 12.0. The molecule has 0 saturated heterocycles. The van der Waals surface area contributed by atoms with Gasteiger partial charge in [0.15, 0.2) is 0 Å². The first-order valence-corrected chi connectivity index (χ1v) is 5.24. The summed E-state index contributed by atoms with van der Waals surface area (Å²) in [7, 11) is 0. The molecule has 0 aliphatic rings. The number of anilines is 1. The summed E-state index contributed by atoms with van der Waals surface area (Å²) in [6, 6.07) is 1.43. The van der Waals surface area contributed by atoms with Gasteiger partial charge in [0.25, 0.3) is 6.43 Å². The summed E-state index contributed by atoms with van der Waals surface area (Å²) < 4.78 is 24.0. The van der Waals surface area contributed by atoms with E-state index in [2.05, 4.69) is 15.3 Å². The van der Waals surface area contributed by atoms with E-state index < -0.39 is 13.0 Å². The summed E-state index contributed by atoms with van der Waals surface area (Å²) in [5.74, 6) is 0.849. The zero-order chi connectivity index (χ0) is 12.3. The van der Waals surface area contributed by atoms with Crippen LogP contribution in [0.1, 0.15) is 26.6 Å². The third-order valence-corrected chi connectivity index (χ3v) is 2.00. The van der Waals surface area contributed by atoms with E-state index in [4.69, 9.17) is 11.6 Å². The van der Waals surface area contributed by atoms with Crippen LogP contribution in [0.2, 0.25) is 5.15 Å². The Balaban J connectivity index is 2.90. The summed E-state index contributed by atoms with van der Waals surface area (Å²) >= 11 is 5.79. The molecule has 1 aromatic heterocycles. The van der Waals surface area contributed by atoms with Gasteiger partial charge >= 0.3 is 0 Å². The van der Waals surface area contributed by atoms with Crippen LogP contribution in [0.15, 0.2) is 6.07 Å². The molecule has 0 bridgehead atoms. The van der Waals surface area contributed by atoms with Crippen molar-refractivity contribution in [3.05, 3.63) is 17.0 Å². The Labute approximate surface area is 98.2 Å². The number of halogens is 3. The minimum absolute atomic E-state index is 0.247. The highest BCUT2D eigenvalue weighted by molar-refractivity contribution is 6.29. The molecule has 0 aromatic carbocycles. The molecule has 90 valence electrons. The van der Waals surface area contributed by atoms with Gasteiger partial charge in [-0.2, -0.15) is 0 Å². The van der Waals surface area contributed by atoms with E-state index in [0.717, 1.165) is 0 Å². The molecular weight excluding hydrogens is 236 g/mol. The van der Waals surface area contributed by atoms with Crippen molar-refractivity contribution in [1.29, 1.82) is 0 Å². The predicted octanol–water partition coefficient (Wildman–Crippen LogP) is 3.10. The van der Waals surface area contributed by atoms with E-state index in [1.807, 2.05) is 20.8 Å². The molecule has 0 unspecified atom stereocenters. The number of nitrogens with zero attached hydrogens (tertiary/aromatic N) is 2. The highest BCUT2D eigenvalue weighted by atomic mass is 35.5. The first kappa shape index (κ1) is 13.1. The maximum Gasteiger partial charge on any atom is 0.255 e. The fraction of sp³-hybridized carbons (Fsp3) is 0.600. The second kappa shape index (κ2) is 4.91. The molecule has 1 rings (SSSR count). The fourth-order valence-electron chi connectivity index (χ4n) is 1.03. The van der Waals surface area contributed by atoms with Gasteiger partial charge < -0.3 is 5.32 Å². The minimum atomic E-state index is -2.42. The lowest BCUT2D eigenvalue weighted by Gasteiger charge is -2.17. The largest absolute Gasteiger partial charge is 0.364 e. The lowest BCUT2D eigenvalue weighted by molar-refractivity contribution is 0.163. The molecule has 1 aromatic rings. The van der Waals surface area contributed by atoms with Gasteiger partial charge in [0, 0.05) is 11.5 Å². The van der Waals surface area contributed by atoms with Crippen molar-refractivity contribution in [1.82, 2.24) is 9.97 Å². The van der Waals surface area contributed by atoms with E-state index in [9.17, 15) is 8.78 Å². The van der Waals surface area contributed by atoms with Crippen molar-refractivity contribution in [3.63, 3.8) is 0 Å². The third-order valence-electron chi connectivity index (χ3n) is 1.80. The van der Waals surface area contributed by atoms with E-state index >= 15 is 0 Å². The maximum absolute atomic E-state index is 12.0. The Kier molecular flexibility index (Phi) is 4.02. The van der Waals surface area contributed by atoms with E-state index in [1.54, 1.807) is 0 Å². The highest BCUT2D eigenvalue weighted by Crippen LogP contribution is 2.22. The van der Waals surface area contributed by atoms with E-state index in [0.29, 0.717) is 11.6 Å². The summed E-state index contributed by atoms with van der Waals surface area (Å²) in [5, 5.41) is 2.76.